The van der Waals surface area contributed by atoms with Gasteiger partial charge in [-0.3, -0.25) is 4.98 Å². The maximum atomic E-state index is 4.12. The molecule has 2 nitrogen and oxygen atoms in total. The average molecular weight is 162 g/mol. The van der Waals surface area contributed by atoms with Crippen molar-refractivity contribution in [2.45, 2.75) is 12.3 Å². The van der Waals surface area contributed by atoms with Crippen molar-refractivity contribution < 1.29 is 0 Å². The lowest BCUT2D eigenvalue weighted by atomic mass is 10.1. The molecule has 1 saturated carbocycles. The molecule has 0 spiro atoms. The largest absolute Gasteiger partial charge is 0.319 e. The second-order valence-electron chi connectivity index (χ2n) is 3.45. The maximum absolute atomic E-state index is 4.12. The van der Waals surface area contributed by atoms with Crippen LogP contribution in [0.15, 0.2) is 24.5 Å². The standard InChI is InChI=1S/C10H14N2/c1-11-6-9-5-10(9)8-3-2-4-12-7-8/h2-4,7,9-11H,5-6H2,1H3/t9-,10-/m1/s1. The smallest absolute Gasteiger partial charge is 0.0302 e. The van der Waals surface area contributed by atoms with E-state index < -0.39 is 0 Å². The van der Waals surface area contributed by atoms with Crippen LogP contribution in [0.3, 0.4) is 0 Å². The van der Waals surface area contributed by atoms with E-state index >= 15 is 0 Å². The van der Waals surface area contributed by atoms with Crippen molar-refractivity contribution in [1.82, 2.24) is 10.3 Å². The molecule has 0 radical (unpaired) electrons. The second-order valence-corrected chi connectivity index (χ2v) is 3.45. The zero-order chi connectivity index (χ0) is 8.39. The third kappa shape index (κ3) is 1.48. The van der Waals surface area contributed by atoms with Crippen LogP contribution < -0.4 is 5.32 Å². The fraction of sp³-hybridized carbons (Fsp3) is 0.500. The third-order valence-electron chi connectivity index (χ3n) is 2.50. The van der Waals surface area contributed by atoms with E-state index in [1.165, 1.54) is 12.0 Å². The zero-order valence-electron chi connectivity index (χ0n) is 7.33. The number of hydrogen-bond acceptors (Lipinski definition) is 2. The predicted molar refractivity (Wildman–Crippen MR) is 49.0 cm³/mol. The van der Waals surface area contributed by atoms with Crippen molar-refractivity contribution >= 4 is 0 Å². The summed E-state index contributed by atoms with van der Waals surface area (Å²) >= 11 is 0. The first kappa shape index (κ1) is 7.74. The van der Waals surface area contributed by atoms with Crippen LogP contribution in [0, 0.1) is 5.92 Å². The van der Waals surface area contributed by atoms with E-state index in [1.807, 2.05) is 25.5 Å². The first-order chi connectivity index (χ1) is 5.92. The molecule has 2 heteroatoms. The Bertz CT molecular complexity index is 245. The van der Waals surface area contributed by atoms with Crippen LogP contribution in [0.2, 0.25) is 0 Å². The van der Waals surface area contributed by atoms with Gasteiger partial charge in [-0.05, 0) is 43.5 Å². The molecule has 2 rings (SSSR count). The molecule has 1 aromatic heterocycles. The SMILES string of the molecule is CNC[C@H]1C[C@@H]1c1cccnc1. The van der Waals surface area contributed by atoms with E-state index in [2.05, 4.69) is 16.4 Å². The van der Waals surface area contributed by atoms with Crippen LogP contribution in [-0.2, 0) is 0 Å². The van der Waals surface area contributed by atoms with E-state index in [0.29, 0.717) is 0 Å². The molecule has 0 aromatic carbocycles. The van der Waals surface area contributed by atoms with Crippen molar-refractivity contribution in [3.05, 3.63) is 30.1 Å². The number of aromatic nitrogens is 1. The van der Waals surface area contributed by atoms with Gasteiger partial charge in [-0.2, -0.15) is 0 Å². The van der Waals surface area contributed by atoms with E-state index in [0.717, 1.165) is 18.4 Å². The van der Waals surface area contributed by atoms with E-state index in [1.54, 1.807) is 0 Å². The molecule has 64 valence electrons. The molecule has 2 atom stereocenters. The molecule has 0 aliphatic heterocycles. The van der Waals surface area contributed by atoms with Gasteiger partial charge in [0.1, 0.15) is 0 Å². The van der Waals surface area contributed by atoms with Gasteiger partial charge in [0.05, 0.1) is 0 Å². The van der Waals surface area contributed by atoms with Crippen molar-refractivity contribution in [2.24, 2.45) is 5.92 Å². The Labute approximate surface area is 73.0 Å². The topological polar surface area (TPSA) is 24.9 Å². The highest BCUT2D eigenvalue weighted by molar-refractivity contribution is 5.22. The minimum absolute atomic E-state index is 0.770. The summed E-state index contributed by atoms with van der Waals surface area (Å²) in [5.74, 6) is 1.62. The monoisotopic (exact) mass is 162 g/mol. The van der Waals surface area contributed by atoms with Crippen LogP contribution >= 0.6 is 0 Å². The van der Waals surface area contributed by atoms with Gasteiger partial charge in [0.15, 0.2) is 0 Å². The number of hydrogen-bond donors (Lipinski definition) is 1. The fourth-order valence-electron chi connectivity index (χ4n) is 1.74. The lowest BCUT2D eigenvalue weighted by molar-refractivity contribution is 0.697. The van der Waals surface area contributed by atoms with Crippen LogP contribution in [0.5, 0.6) is 0 Å². The molecule has 0 amide bonds. The first-order valence-electron chi connectivity index (χ1n) is 4.46. The molecule has 0 saturated heterocycles. The summed E-state index contributed by atoms with van der Waals surface area (Å²) in [6.45, 7) is 1.14. The highest BCUT2D eigenvalue weighted by atomic mass is 14.8. The van der Waals surface area contributed by atoms with Gasteiger partial charge in [0.2, 0.25) is 0 Å². The lowest BCUT2D eigenvalue weighted by Gasteiger charge is -1.98. The van der Waals surface area contributed by atoms with Crippen LogP contribution in [0.25, 0.3) is 0 Å². The summed E-state index contributed by atoms with van der Waals surface area (Å²) in [6, 6.07) is 4.19. The molecule has 1 aliphatic rings. The van der Waals surface area contributed by atoms with Crippen molar-refractivity contribution in [2.75, 3.05) is 13.6 Å². The van der Waals surface area contributed by atoms with Gasteiger partial charge in [-0.1, -0.05) is 6.07 Å². The summed E-state index contributed by atoms with van der Waals surface area (Å²) in [5, 5.41) is 3.21. The molecule has 1 fully saturated rings. The van der Waals surface area contributed by atoms with Gasteiger partial charge in [-0.25, -0.2) is 0 Å². The van der Waals surface area contributed by atoms with Crippen LogP contribution in [0.4, 0.5) is 0 Å². The lowest BCUT2D eigenvalue weighted by Crippen LogP contribution is -2.10. The highest BCUT2D eigenvalue weighted by Crippen LogP contribution is 2.46. The van der Waals surface area contributed by atoms with Crippen molar-refractivity contribution in [3.63, 3.8) is 0 Å². The molecule has 0 bridgehead atoms. The summed E-state index contributed by atoms with van der Waals surface area (Å²) in [5.41, 5.74) is 1.40. The van der Waals surface area contributed by atoms with E-state index in [4.69, 9.17) is 0 Å². The van der Waals surface area contributed by atoms with Crippen molar-refractivity contribution in [1.29, 1.82) is 0 Å². The maximum Gasteiger partial charge on any atom is 0.0302 e. The molecular formula is C10H14N2. The predicted octanol–water partition coefficient (Wildman–Crippen LogP) is 1.40. The minimum atomic E-state index is 0.770. The van der Waals surface area contributed by atoms with Crippen molar-refractivity contribution in [3.8, 4) is 0 Å². The molecular weight excluding hydrogens is 148 g/mol. The number of pyridine rings is 1. The summed E-state index contributed by atoms with van der Waals surface area (Å²) in [7, 11) is 2.01. The molecule has 1 heterocycles. The first-order valence-corrected chi connectivity index (χ1v) is 4.46. The van der Waals surface area contributed by atoms with E-state index in [9.17, 15) is 0 Å². The average Bonchev–Trinajstić information content (AvgIpc) is 2.87. The Kier molecular flexibility index (Phi) is 2.09. The second kappa shape index (κ2) is 3.23. The molecule has 12 heavy (non-hydrogen) atoms. The quantitative estimate of drug-likeness (QED) is 0.726. The Morgan fingerprint density at radius 3 is 3.25 bits per heavy atom. The van der Waals surface area contributed by atoms with Crippen LogP contribution in [-0.4, -0.2) is 18.6 Å². The van der Waals surface area contributed by atoms with Crippen LogP contribution in [0.1, 0.15) is 17.9 Å². The van der Waals surface area contributed by atoms with Gasteiger partial charge in [0, 0.05) is 12.4 Å². The highest BCUT2D eigenvalue weighted by Gasteiger charge is 2.37. The Hall–Kier alpha value is -0.890. The van der Waals surface area contributed by atoms with Gasteiger partial charge in [0.25, 0.3) is 0 Å². The van der Waals surface area contributed by atoms with E-state index in [-0.39, 0.29) is 0 Å². The number of nitrogens with zero attached hydrogens (tertiary/aromatic N) is 1. The molecule has 1 aromatic rings. The minimum Gasteiger partial charge on any atom is -0.319 e. The molecule has 0 unspecified atom stereocenters. The fourth-order valence-corrected chi connectivity index (χ4v) is 1.74. The van der Waals surface area contributed by atoms with Gasteiger partial charge >= 0.3 is 0 Å². The zero-order valence-corrected chi connectivity index (χ0v) is 7.33. The Balaban J connectivity index is 1.97. The normalized spacial score (nSPS) is 27.1. The molecule has 1 N–H and O–H groups in total. The summed E-state index contributed by atoms with van der Waals surface area (Å²) < 4.78 is 0. The summed E-state index contributed by atoms with van der Waals surface area (Å²) in [6.07, 6.45) is 5.14. The van der Waals surface area contributed by atoms with Gasteiger partial charge in [-0.15, -0.1) is 0 Å². The summed E-state index contributed by atoms with van der Waals surface area (Å²) in [4.78, 5) is 4.12. The van der Waals surface area contributed by atoms with Gasteiger partial charge < -0.3 is 5.32 Å². The number of nitrogens with one attached hydrogen (secondary N) is 1. The Morgan fingerprint density at radius 1 is 1.67 bits per heavy atom. The third-order valence-corrected chi connectivity index (χ3v) is 2.50. The Morgan fingerprint density at radius 2 is 2.58 bits per heavy atom. The molecule has 1 aliphatic carbocycles. The number of rotatable bonds is 3.